The standard InChI is InChI=1S/C13H18ClNOS/c1-10(16)11-3-4-13(12(14)9-11)15-5-2-7-17-8-6-15/h3-4,9-10,16H,2,5-8H2,1H3/t10-/m0/s1. The van der Waals surface area contributed by atoms with Crippen LogP contribution in [-0.4, -0.2) is 29.7 Å². The lowest BCUT2D eigenvalue weighted by Gasteiger charge is -2.24. The van der Waals surface area contributed by atoms with Gasteiger partial charge in [-0.2, -0.15) is 11.8 Å². The summed E-state index contributed by atoms with van der Waals surface area (Å²) in [6, 6.07) is 5.86. The summed E-state index contributed by atoms with van der Waals surface area (Å²) < 4.78 is 0. The second-order valence-electron chi connectivity index (χ2n) is 4.34. The van der Waals surface area contributed by atoms with Crippen LogP contribution < -0.4 is 4.90 Å². The summed E-state index contributed by atoms with van der Waals surface area (Å²) in [6.07, 6.45) is 0.750. The number of anilines is 1. The van der Waals surface area contributed by atoms with Crippen molar-refractivity contribution in [3.63, 3.8) is 0 Å². The van der Waals surface area contributed by atoms with Gasteiger partial charge in [0, 0.05) is 18.8 Å². The molecule has 1 aromatic carbocycles. The van der Waals surface area contributed by atoms with Crippen molar-refractivity contribution in [1.82, 2.24) is 0 Å². The highest BCUT2D eigenvalue weighted by atomic mass is 35.5. The van der Waals surface area contributed by atoms with Crippen LogP contribution in [0.1, 0.15) is 25.0 Å². The van der Waals surface area contributed by atoms with E-state index in [-0.39, 0.29) is 0 Å². The molecule has 0 unspecified atom stereocenters. The predicted molar refractivity (Wildman–Crippen MR) is 76.2 cm³/mol. The van der Waals surface area contributed by atoms with Gasteiger partial charge in [0.15, 0.2) is 0 Å². The van der Waals surface area contributed by atoms with Gasteiger partial charge in [-0.15, -0.1) is 0 Å². The molecular weight excluding hydrogens is 254 g/mol. The molecule has 1 atom stereocenters. The zero-order valence-corrected chi connectivity index (χ0v) is 11.6. The Balaban J connectivity index is 2.19. The molecular formula is C13H18ClNOS. The fourth-order valence-electron chi connectivity index (χ4n) is 2.03. The van der Waals surface area contributed by atoms with E-state index in [0.717, 1.165) is 35.1 Å². The lowest BCUT2D eigenvalue weighted by Crippen LogP contribution is -2.25. The number of aliphatic hydroxyl groups is 1. The minimum Gasteiger partial charge on any atom is -0.389 e. The number of nitrogens with zero attached hydrogens (tertiary/aromatic N) is 1. The maximum atomic E-state index is 9.52. The van der Waals surface area contributed by atoms with Crippen molar-refractivity contribution < 1.29 is 5.11 Å². The summed E-state index contributed by atoms with van der Waals surface area (Å²) >= 11 is 8.30. The molecule has 1 aromatic rings. The molecule has 0 amide bonds. The molecule has 0 radical (unpaired) electrons. The van der Waals surface area contributed by atoms with Gasteiger partial charge in [0.05, 0.1) is 16.8 Å². The van der Waals surface area contributed by atoms with Crippen molar-refractivity contribution in [3.05, 3.63) is 28.8 Å². The van der Waals surface area contributed by atoms with Gasteiger partial charge in [0.2, 0.25) is 0 Å². The van der Waals surface area contributed by atoms with Crippen molar-refractivity contribution >= 4 is 29.1 Å². The van der Waals surface area contributed by atoms with Gasteiger partial charge < -0.3 is 10.0 Å². The van der Waals surface area contributed by atoms with Crippen LogP contribution in [0.2, 0.25) is 5.02 Å². The molecule has 1 aliphatic rings. The molecule has 0 aliphatic carbocycles. The molecule has 1 saturated heterocycles. The summed E-state index contributed by atoms with van der Waals surface area (Å²) in [5, 5.41) is 10.3. The van der Waals surface area contributed by atoms with E-state index in [4.69, 9.17) is 11.6 Å². The molecule has 0 bridgehead atoms. The highest BCUT2D eigenvalue weighted by molar-refractivity contribution is 7.99. The second kappa shape index (κ2) is 5.98. The Morgan fingerprint density at radius 2 is 2.18 bits per heavy atom. The first-order chi connectivity index (χ1) is 8.18. The van der Waals surface area contributed by atoms with E-state index in [1.54, 1.807) is 6.92 Å². The number of halogens is 1. The van der Waals surface area contributed by atoms with Crippen molar-refractivity contribution in [3.8, 4) is 0 Å². The molecule has 0 saturated carbocycles. The van der Waals surface area contributed by atoms with Gasteiger partial charge in [0.25, 0.3) is 0 Å². The van der Waals surface area contributed by atoms with Gasteiger partial charge in [-0.3, -0.25) is 0 Å². The number of aliphatic hydroxyl groups excluding tert-OH is 1. The van der Waals surface area contributed by atoms with Crippen LogP contribution in [0, 0.1) is 0 Å². The number of hydrogen-bond donors (Lipinski definition) is 1. The molecule has 17 heavy (non-hydrogen) atoms. The lowest BCUT2D eigenvalue weighted by molar-refractivity contribution is 0.199. The summed E-state index contributed by atoms with van der Waals surface area (Å²) in [4.78, 5) is 2.34. The summed E-state index contributed by atoms with van der Waals surface area (Å²) in [6.45, 7) is 3.88. The first-order valence-electron chi connectivity index (χ1n) is 5.98. The Bertz CT molecular complexity index is 376. The summed E-state index contributed by atoms with van der Waals surface area (Å²) in [5.41, 5.74) is 1.97. The molecule has 2 nitrogen and oxygen atoms in total. The van der Waals surface area contributed by atoms with E-state index in [1.807, 2.05) is 30.0 Å². The van der Waals surface area contributed by atoms with Gasteiger partial charge in [0.1, 0.15) is 0 Å². The summed E-state index contributed by atoms with van der Waals surface area (Å²) in [7, 11) is 0. The Morgan fingerprint density at radius 1 is 1.35 bits per heavy atom. The quantitative estimate of drug-likeness (QED) is 0.893. The van der Waals surface area contributed by atoms with E-state index >= 15 is 0 Å². The first-order valence-corrected chi connectivity index (χ1v) is 7.52. The smallest absolute Gasteiger partial charge is 0.0762 e. The number of hydrogen-bond acceptors (Lipinski definition) is 3. The van der Waals surface area contributed by atoms with E-state index < -0.39 is 6.10 Å². The zero-order chi connectivity index (χ0) is 12.3. The van der Waals surface area contributed by atoms with Crippen LogP contribution in [0.3, 0.4) is 0 Å². The molecule has 1 N–H and O–H groups in total. The van der Waals surface area contributed by atoms with Gasteiger partial charge >= 0.3 is 0 Å². The fraction of sp³-hybridized carbons (Fsp3) is 0.538. The SMILES string of the molecule is C[C@H](O)c1ccc(N2CCCSCC2)c(Cl)c1. The molecule has 0 aromatic heterocycles. The zero-order valence-electron chi connectivity index (χ0n) is 10.0. The molecule has 2 rings (SSSR count). The van der Waals surface area contributed by atoms with Crippen molar-refractivity contribution in [2.75, 3.05) is 29.5 Å². The normalized spacial score (nSPS) is 18.9. The van der Waals surface area contributed by atoms with Gasteiger partial charge in [-0.25, -0.2) is 0 Å². The largest absolute Gasteiger partial charge is 0.389 e. The molecule has 1 fully saturated rings. The fourth-order valence-corrected chi connectivity index (χ4v) is 3.22. The highest BCUT2D eigenvalue weighted by Crippen LogP contribution is 2.30. The number of thioether (sulfide) groups is 1. The molecule has 4 heteroatoms. The highest BCUT2D eigenvalue weighted by Gasteiger charge is 2.14. The molecule has 94 valence electrons. The minimum atomic E-state index is -0.457. The molecule has 0 spiro atoms. The van der Waals surface area contributed by atoms with Crippen molar-refractivity contribution in [1.29, 1.82) is 0 Å². The maximum absolute atomic E-state index is 9.52. The van der Waals surface area contributed by atoms with E-state index in [2.05, 4.69) is 4.90 Å². The minimum absolute atomic E-state index is 0.457. The van der Waals surface area contributed by atoms with Crippen LogP contribution in [0.5, 0.6) is 0 Å². The van der Waals surface area contributed by atoms with Crippen LogP contribution >= 0.6 is 23.4 Å². The maximum Gasteiger partial charge on any atom is 0.0762 e. The molecule has 1 aliphatic heterocycles. The third-order valence-electron chi connectivity index (χ3n) is 3.02. The Kier molecular flexibility index (Phi) is 4.60. The van der Waals surface area contributed by atoms with Crippen molar-refractivity contribution in [2.24, 2.45) is 0 Å². The van der Waals surface area contributed by atoms with Crippen LogP contribution in [-0.2, 0) is 0 Å². The topological polar surface area (TPSA) is 23.5 Å². The second-order valence-corrected chi connectivity index (χ2v) is 5.97. The summed E-state index contributed by atoms with van der Waals surface area (Å²) in [5.74, 6) is 2.40. The number of rotatable bonds is 2. The van der Waals surface area contributed by atoms with Crippen LogP contribution in [0.15, 0.2) is 18.2 Å². The third kappa shape index (κ3) is 3.30. The number of benzene rings is 1. The van der Waals surface area contributed by atoms with Gasteiger partial charge in [-0.1, -0.05) is 17.7 Å². The Morgan fingerprint density at radius 3 is 2.88 bits per heavy atom. The Hall–Kier alpha value is -0.380. The van der Waals surface area contributed by atoms with Crippen LogP contribution in [0.4, 0.5) is 5.69 Å². The first kappa shape index (κ1) is 13.1. The monoisotopic (exact) mass is 271 g/mol. The van der Waals surface area contributed by atoms with E-state index in [1.165, 1.54) is 12.2 Å². The average molecular weight is 272 g/mol. The molecule has 1 heterocycles. The third-order valence-corrected chi connectivity index (χ3v) is 4.37. The van der Waals surface area contributed by atoms with Crippen molar-refractivity contribution in [2.45, 2.75) is 19.4 Å². The average Bonchev–Trinajstić information content (AvgIpc) is 2.57. The van der Waals surface area contributed by atoms with E-state index in [0.29, 0.717) is 0 Å². The van der Waals surface area contributed by atoms with Crippen LogP contribution in [0.25, 0.3) is 0 Å². The lowest BCUT2D eigenvalue weighted by atomic mass is 10.1. The van der Waals surface area contributed by atoms with Gasteiger partial charge in [-0.05, 0) is 36.8 Å². The van der Waals surface area contributed by atoms with E-state index in [9.17, 15) is 5.11 Å². The predicted octanol–water partition coefficient (Wildman–Crippen LogP) is 3.34. The Labute approximate surface area is 112 Å².